The molecule has 0 unspecified atom stereocenters. The van der Waals surface area contributed by atoms with Crippen LogP contribution in [0.15, 0.2) is 137 Å². The van der Waals surface area contributed by atoms with Crippen molar-refractivity contribution in [1.82, 2.24) is 0 Å². The second-order valence-electron chi connectivity index (χ2n) is 10.2. The third kappa shape index (κ3) is 4.49. The molecule has 4 heterocycles. The lowest BCUT2D eigenvalue weighted by Gasteiger charge is -2.05. The van der Waals surface area contributed by atoms with Crippen LogP contribution < -0.4 is 20.2 Å². The fourth-order valence-corrected chi connectivity index (χ4v) is 5.27. The van der Waals surface area contributed by atoms with E-state index < -0.39 is 0 Å². The summed E-state index contributed by atoms with van der Waals surface area (Å²) in [5.41, 5.74) is 2.69. The number of rotatable bonds is 5. The number of fused-ring (bicyclic) bond motifs is 4. The van der Waals surface area contributed by atoms with E-state index in [1.54, 1.807) is 14.2 Å². The van der Waals surface area contributed by atoms with E-state index in [-0.39, 0.29) is 0 Å². The number of para-hydroxylation sites is 2. The summed E-state index contributed by atoms with van der Waals surface area (Å²) in [7, 11) is 3.23. The summed E-state index contributed by atoms with van der Waals surface area (Å²) in [6, 6.07) is 34.3. The summed E-state index contributed by atoms with van der Waals surface area (Å²) in [5, 5.41) is 14.2. The van der Waals surface area contributed by atoms with E-state index in [1.165, 1.54) is 0 Å². The second-order valence-corrected chi connectivity index (χ2v) is 10.2. The van der Waals surface area contributed by atoms with Gasteiger partial charge in [-0.2, -0.15) is 0 Å². The largest absolute Gasteiger partial charge is 0.497 e. The molecule has 0 fully saturated rings. The molecule has 0 N–H and O–H groups in total. The average Bonchev–Trinajstić information content (AvgIpc) is 3.71. The molecule has 0 bridgehead atoms. The first-order valence-corrected chi connectivity index (χ1v) is 13.9. The molecule has 4 aromatic carbocycles. The van der Waals surface area contributed by atoms with Crippen LogP contribution in [-0.4, -0.2) is 14.2 Å². The van der Waals surface area contributed by atoms with Crippen LogP contribution in [0.3, 0.4) is 0 Å². The number of methoxy groups -OCH3 is 2. The van der Waals surface area contributed by atoms with Gasteiger partial charge in [0.2, 0.25) is 0 Å². The van der Waals surface area contributed by atoms with Gasteiger partial charge in [0, 0.05) is 45.8 Å². The second kappa shape index (κ2) is 10.4. The molecule has 4 aromatic heterocycles. The molecule has 0 amide bonds. The highest BCUT2D eigenvalue weighted by molar-refractivity contribution is 5.85. The van der Waals surface area contributed by atoms with Gasteiger partial charge in [-0.15, -0.1) is 10.2 Å². The van der Waals surface area contributed by atoms with E-state index in [2.05, 4.69) is 0 Å². The van der Waals surface area contributed by atoms with Gasteiger partial charge < -0.3 is 27.1 Å². The highest BCUT2D eigenvalue weighted by atomic mass is 16.5. The Balaban J connectivity index is 1.37. The minimum atomic E-state index is 0.511. The molecule has 0 aliphatic rings. The third-order valence-electron chi connectivity index (χ3n) is 7.51. The van der Waals surface area contributed by atoms with E-state index in [9.17, 15) is 0 Å². The molecular weight excluding hydrogens is 556 g/mol. The SMILES string of the molecule is COc1ccc2c(=NN=c3cc(-c4cc5ccccc5o4)oc4cc(OC)ccc34)cc(-c3cc4ccccc4o3)oc2c1. The predicted molar refractivity (Wildman–Crippen MR) is 167 cm³/mol. The zero-order chi connectivity index (χ0) is 29.6. The molecular formula is C36H24N2O6. The van der Waals surface area contributed by atoms with Crippen molar-refractivity contribution in [1.29, 1.82) is 0 Å². The molecule has 8 nitrogen and oxygen atoms in total. The summed E-state index contributed by atoms with van der Waals surface area (Å²) in [6.45, 7) is 0. The molecule has 44 heavy (non-hydrogen) atoms. The number of benzene rings is 4. The maximum absolute atomic E-state index is 6.30. The normalized spacial score (nSPS) is 12.6. The Morgan fingerprint density at radius 1 is 0.432 bits per heavy atom. The van der Waals surface area contributed by atoms with Crippen molar-refractivity contribution in [2.75, 3.05) is 14.2 Å². The predicted octanol–water partition coefficient (Wildman–Crippen LogP) is 8.44. The molecule has 8 heteroatoms. The Morgan fingerprint density at radius 3 is 1.27 bits per heavy atom. The molecule has 0 saturated heterocycles. The van der Waals surface area contributed by atoms with Gasteiger partial charge in [-0.05, 0) is 48.5 Å². The zero-order valence-electron chi connectivity index (χ0n) is 23.7. The van der Waals surface area contributed by atoms with Crippen molar-refractivity contribution < 1.29 is 27.1 Å². The molecule has 0 aliphatic heterocycles. The van der Waals surface area contributed by atoms with Crippen LogP contribution in [0.1, 0.15) is 0 Å². The molecule has 0 spiro atoms. The fraction of sp³-hybridized carbons (Fsp3) is 0.0556. The van der Waals surface area contributed by atoms with Crippen LogP contribution in [-0.2, 0) is 0 Å². The lowest BCUT2D eigenvalue weighted by atomic mass is 10.2. The number of ether oxygens (including phenoxy) is 2. The van der Waals surface area contributed by atoms with Crippen molar-refractivity contribution in [2.24, 2.45) is 10.2 Å². The van der Waals surface area contributed by atoms with E-state index in [0.29, 0.717) is 56.4 Å². The molecule has 214 valence electrons. The highest BCUT2D eigenvalue weighted by Crippen LogP contribution is 2.31. The van der Waals surface area contributed by atoms with Crippen LogP contribution in [0, 0.1) is 0 Å². The van der Waals surface area contributed by atoms with Crippen molar-refractivity contribution in [3.8, 4) is 34.5 Å². The van der Waals surface area contributed by atoms with E-state index >= 15 is 0 Å². The lowest BCUT2D eigenvalue weighted by Crippen LogP contribution is -2.07. The number of furan rings is 2. The quantitative estimate of drug-likeness (QED) is 0.190. The van der Waals surface area contributed by atoms with Crippen molar-refractivity contribution in [2.45, 2.75) is 0 Å². The zero-order valence-corrected chi connectivity index (χ0v) is 23.7. The van der Waals surface area contributed by atoms with Crippen LogP contribution in [0.2, 0.25) is 0 Å². The maximum Gasteiger partial charge on any atom is 0.172 e. The Bertz CT molecular complexity index is 2250. The molecule has 0 radical (unpaired) electrons. The van der Waals surface area contributed by atoms with Crippen molar-refractivity contribution >= 4 is 43.9 Å². The first-order chi connectivity index (χ1) is 21.6. The van der Waals surface area contributed by atoms with E-state index in [0.717, 1.165) is 32.7 Å². The monoisotopic (exact) mass is 580 g/mol. The van der Waals surface area contributed by atoms with Gasteiger partial charge in [-0.3, -0.25) is 0 Å². The Kier molecular flexibility index (Phi) is 6.04. The van der Waals surface area contributed by atoms with Crippen molar-refractivity contribution in [3.63, 3.8) is 0 Å². The smallest absolute Gasteiger partial charge is 0.172 e. The molecule has 0 atom stereocenters. The number of hydrogen-bond acceptors (Lipinski definition) is 8. The first-order valence-electron chi connectivity index (χ1n) is 13.9. The highest BCUT2D eigenvalue weighted by Gasteiger charge is 2.14. The summed E-state index contributed by atoms with van der Waals surface area (Å²) < 4.78 is 35.7. The molecule has 0 aliphatic carbocycles. The van der Waals surface area contributed by atoms with Crippen molar-refractivity contribution in [3.05, 3.63) is 120 Å². The van der Waals surface area contributed by atoms with Gasteiger partial charge in [0.25, 0.3) is 0 Å². The maximum atomic E-state index is 6.30. The molecule has 8 rings (SSSR count). The minimum Gasteiger partial charge on any atom is -0.497 e. The first kappa shape index (κ1) is 25.7. The summed E-state index contributed by atoms with van der Waals surface area (Å²) in [4.78, 5) is 0. The molecule has 0 saturated carbocycles. The van der Waals surface area contributed by atoms with Gasteiger partial charge in [0.1, 0.15) is 44.5 Å². The van der Waals surface area contributed by atoms with Crippen LogP contribution in [0.5, 0.6) is 11.5 Å². The lowest BCUT2D eigenvalue weighted by molar-refractivity contribution is 0.414. The van der Waals surface area contributed by atoms with Gasteiger partial charge in [0.15, 0.2) is 23.0 Å². The van der Waals surface area contributed by atoms with Gasteiger partial charge in [0.05, 0.1) is 14.2 Å². The Morgan fingerprint density at radius 2 is 0.841 bits per heavy atom. The van der Waals surface area contributed by atoms with E-state index in [1.807, 2.05) is 109 Å². The minimum absolute atomic E-state index is 0.511. The standard InChI is InChI=1S/C36H24N2O6/c1-39-23-11-13-25-27(19-35(43-31(25)17-23)33-15-21-7-3-5-9-29(21)41-33)37-38-28-20-36(34-16-22-8-4-6-10-30(22)42-34)44-32-18-24(40-2)12-14-26(28)32/h3-20H,1-2H3. The summed E-state index contributed by atoms with van der Waals surface area (Å²) in [6.07, 6.45) is 0. The van der Waals surface area contributed by atoms with E-state index in [4.69, 9.17) is 37.3 Å². The third-order valence-corrected chi connectivity index (χ3v) is 7.51. The molecule has 8 aromatic rings. The Hall–Kier alpha value is -6.02. The van der Waals surface area contributed by atoms with Crippen LogP contribution in [0.25, 0.3) is 66.9 Å². The van der Waals surface area contributed by atoms with Crippen LogP contribution >= 0.6 is 0 Å². The fourth-order valence-electron chi connectivity index (χ4n) is 5.27. The summed E-state index contributed by atoms with van der Waals surface area (Å²) >= 11 is 0. The number of nitrogens with zero attached hydrogens (tertiary/aromatic N) is 2. The number of hydrogen-bond donors (Lipinski definition) is 0. The van der Waals surface area contributed by atoms with Gasteiger partial charge in [-0.1, -0.05) is 36.4 Å². The average molecular weight is 581 g/mol. The topological polar surface area (TPSA) is 95.7 Å². The van der Waals surface area contributed by atoms with Crippen LogP contribution in [0.4, 0.5) is 0 Å². The van der Waals surface area contributed by atoms with Gasteiger partial charge >= 0.3 is 0 Å². The van der Waals surface area contributed by atoms with Gasteiger partial charge in [-0.25, -0.2) is 0 Å². The Labute approximate surface area is 249 Å². The summed E-state index contributed by atoms with van der Waals surface area (Å²) in [5.74, 6) is 3.50.